The van der Waals surface area contributed by atoms with E-state index in [0.717, 1.165) is 28.7 Å². The molecule has 0 unspecified atom stereocenters. The van der Waals surface area contributed by atoms with Crippen molar-refractivity contribution in [3.8, 4) is 11.1 Å². The molecule has 0 aliphatic heterocycles. The average molecular weight is 434 g/mol. The van der Waals surface area contributed by atoms with Crippen LogP contribution in [0.5, 0.6) is 0 Å². The van der Waals surface area contributed by atoms with Crippen LogP contribution in [-0.2, 0) is 14.3 Å². The molecule has 166 valence electrons. The van der Waals surface area contributed by atoms with Gasteiger partial charge in [0, 0.05) is 12.5 Å². The van der Waals surface area contributed by atoms with Crippen LogP contribution in [0, 0.1) is 0 Å². The minimum Gasteiger partial charge on any atom is -0.480 e. The number of carboxylic acid groups (broad SMARTS) is 1. The smallest absolute Gasteiger partial charge is 0.408 e. The van der Waals surface area contributed by atoms with Crippen molar-refractivity contribution in [3.63, 3.8) is 0 Å². The Morgan fingerprint density at radius 2 is 1.69 bits per heavy atom. The highest BCUT2D eigenvalue weighted by molar-refractivity contribution is 5.93. The molecule has 0 saturated heterocycles. The number of benzene rings is 2. The number of nitrogens with one attached hydrogen (secondary N) is 1. The third-order valence-electron chi connectivity index (χ3n) is 6.26. The van der Waals surface area contributed by atoms with Crippen LogP contribution in [0.25, 0.3) is 11.1 Å². The molecule has 0 heterocycles. The number of fused-ring (bicyclic) bond motifs is 3. The summed E-state index contributed by atoms with van der Waals surface area (Å²) >= 11 is 0. The van der Waals surface area contributed by atoms with Gasteiger partial charge in [0.1, 0.15) is 18.7 Å². The van der Waals surface area contributed by atoms with Crippen LogP contribution < -0.4 is 5.32 Å². The summed E-state index contributed by atoms with van der Waals surface area (Å²) in [6.45, 7) is 3.39. The topological polar surface area (TPSA) is 95.9 Å². The first-order valence-electron chi connectivity index (χ1n) is 10.7. The molecular formula is C25H26N2O5. The van der Waals surface area contributed by atoms with E-state index in [1.165, 1.54) is 11.0 Å². The lowest BCUT2D eigenvalue weighted by Gasteiger charge is -2.43. The van der Waals surface area contributed by atoms with Crippen LogP contribution in [0.3, 0.4) is 0 Å². The molecule has 4 rings (SSSR count). The van der Waals surface area contributed by atoms with Crippen LogP contribution in [0.2, 0.25) is 0 Å². The Kier molecular flexibility index (Phi) is 5.99. The van der Waals surface area contributed by atoms with Gasteiger partial charge in [0.2, 0.25) is 5.91 Å². The standard InChI is InChI=1S/C25H26N2O5/c1-2-14-27(15-22(28)29)23(30)25(12-7-13-25)26-24(31)32-16-21-19-10-5-3-8-17(19)18-9-4-6-11-20(18)21/h2-6,8-11,21H,1,7,12-16H2,(H,26,31)(H,28,29). The Morgan fingerprint density at radius 1 is 1.09 bits per heavy atom. The lowest BCUT2D eigenvalue weighted by Crippen LogP contribution is -2.64. The third kappa shape index (κ3) is 3.98. The lowest BCUT2D eigenvalue weighted by molar-refractivity contribution is -0.149. The number of hydrogen-bond acceptors (Lipinski definition) is 4. The monoisotopic (exact) mass is 434 g/mol. The maximum atomic E-state index is 13.0. The molecule has 2 aromatic carbocycles. The van der Waals surface area contributed by atoms with Gasteiger partial charge in [-0.25, -0.2) is 4.79 Å². The maximum Gasteiger partial charge on any atom is 0.408 e. The van der Waals surface area contributed by atoms with Gasteiger partial charge in [-0.2, -0.15) is 0 Å². The maximum absolute atomic E-state index is 13.0. The number of ether oxygens (including phenoxy) is 1. The predicted octanol–water partition coefficient (Wildman–Crippen LogP) is 3.55. The van der Waals surface area contributed by atoms with Crippen LogP contribution in [-0.4, -0.2) is 53.2 Å². The number of amides is 2. The predicted molar refractivity (Wildman–Crippen MR) is 119 cm³/mol. The van der Waals surface area contributed by atoms with E-state index in [2.05, 4.69) is 24.0 Å². The lowest BCUT2D eigenvalue weighted by atomic mass is 9.75. The molecule has 2 aliphatic carbocycles. The van der Waals surface area contributed by atoms with E-state index in [1.54, 1.807) is 0 Å². The molecule has 2 aromatic rings. The molecule has 0 atom stereocenters. The fourth-order valence-electron chi connectivity index (χ4n) is 4.59. The minimum atomic E-state index is -1.12. The second-order valence-electron chi connectivity index (χ2n) is 8.25. The summed E-state index contributed by atoms with van der Waals surface area (Å²) in [6, 6.07) is 16.1. The van der Waals surface area contributed by atoms with Gasteiger partial charge in [0.25, 0.3) is 0 Å². The average Bonchev–Trinajstić information content (AvgIpc) is 3.07. The van der Waals surface area contributed by atoms with Crippen molar-refractivity contribution in [1.82, 2.24) is 10.2 Å². The second kappa shape index (κ2) is 8.86. The quantitative estimate of drug-likeness (QED) is 0.620. The highest BCUT2D eigenvalue weighted by atomic mass is 16.5. The molecule has 2 aliphatic rings. The highest BCUT2D eigenvalue weighted by Crippen LogP contribution is 2.44. The second-order valence-corrected chi connectivity index (χ2v) is 8.25. The van der Waals surface area contributed by atoms with Gasteiger partial charge in [-0.1, -0.05) is 54.6 Å². The fraction of sp³-hybridized carbons (Fsp3) is 0.320. The highest BCUT2D eigenvalue weighted by Gasteiger charge is 2.48. The van der Waals surface area contributed by atoms with E-state index < -0.39 is 30.1 Å². The fourth-order valence-corrected chi connectivity index (χ4v) is 4.59. The van der Waals surface area contributed by atoms with E-state index in [9.17, 15) is 14.4 Å². The van der Waals surface area contributed by atoms with Crippen LogP contribution in [0.1, 0.15) is 36.3 Å². The van der Waals surface area contributed by atoms with Gasteiger partial charge in [-0.05, 0) is 41.5 Å². The van der Waals surface area contributed by atoms with E-state index in [0.29, 0.717) is 12.8 Å². The zero-order valence-corrected chi connectivity index (χ0v) is 17.8. The molecule has 0 radical (unpaired) electrons. The molecular weight excluding hydrogens is 408 g/mol. The summed E-state index contributed by atoms with van der Waals surface area (Å²) in [5, 5.41) is 11.9. The molecule has 2 amide bonds. The van der Waals surface area contributed by atoms with Crippen LogP contribution in [0.4, 0.5) is 4.79 Å². The van der Waals surface area contributed by atoms with Crippen LogP contribution >= 0.6 is 0 Å². The molecule has 0 spiro atoms. The SMILES string of the molecule is C=CCN(CC(=O)O)C(=O)C1(NC(=O)OCC2c3ccccc3-c3ccccc32)CCC1. The summed E-state index contributed by atoms with van der Waals surface area (Å²) in [4.78, 5) is 38.1. The number of carboxylic acids is 1. The summed E-state index contributed by atoms with van der Waals surface area (Å²) in [5.74, 6) is -1.61. The van der Waals surface area contributed by atoms with Crippen molar-refractivity contribution >= 4 is 18.0 Å². The number of aliphatic carboxylic acids is 1. The molecule has 2 N–H and O–H groups in total. The number of hydrogen-bond donors (Lipinski definition) is 2. The van der Waals surface area contributed by atoms with Crippen molar-refractivity contribution in [2.24, 2.45) is 0 Å². The van der Waals surface area contributed by atoms with E-state index in [4.69, 9.17) is 9.84 Å². The van der Waals surface area contributed by atoms with Crippen molar-refractivity contribution in [3.05, 3.63) is 72.3 Å². The molecule has 0 aromatic heterocycles. The Morgan fingerprint density at radius 3 is 2.19 bits per heavy atom. The van der Waals surface area contributed by atoms with Crippen molar-refractivity contribution in [2.75, 3.05) is 19.7 Å². The van der Waals surface area contributed by atoms with E-state index >= 15 is 0 Å². The third-order valence-corrected chi connectivity index (χ3v) is 6.26. The van der Waals surface area contributed by atoms with Crippen LogP contribution in [0.15, 0.2) is 61.2 Å². The number of carbonyl (C=O) groups is 3. The van der Waals surface area contributed by atoms with Gasteiger partial charge >= 0.3 is 12.1 Å². The van der Waals surface area contributed by atoms with Crippen molar-refractivity contribution < 1.29 is 24.2 Å². The summed E-state index contributed by atoms with van der Waals surface area (Å²) < 4.78 is 5.58. The largest absolute Gasteiger partial charge is 0.480 e. The number of rotatable bonds is 8. The zero-order valence-electron chi connectivity index (χ0n) is 17.8. The molecule has 0 bridgehead atoms. The van der Waals surface area contributed by atoms with E-state index in [1.807, 2.05) is 36.4 Å². The molecule has 1 saturated carbocycles. The Bertz CT molecular complexity index is 1010. The number of alkyl carbamates (subject to hydrolysis) is 1. The number of carbonyl (C=O) groups excluding carboxylic acids is 2. The summed E-state index contributed by atoms with van der Waals surface area (Å²) in [7, 11) is 0. The molecule has 1 fully saturated rings. The van der Waals surface area contributed by atoms with Gasteiger partial charge < -0.3 is 20.1 Å². The van der Waals surface area contributed by atoms with Gasteiger partial charge in [-0.15, -0.1) is 6.58 Å². The number of nitrogens with zero attached hydrogens (tertiary/aromatic N) is 1. The first-order chi connectivity index (χ1) is 15.4. The van der Waals surface area contributed by atoms with Gasteiger partial charge in [0.05, 0.1) is 0 Å². The van der Waals surface area contributed by atoms with Crippen molar-refractivity contribution in [1.29, 1.82) is 0 Å². The zero-order chi connectivity index (χ0) is 22.7. The van der Waals surface area contributed by atoms with E-state index in [-0.39, 0.29) is 19.1 Å². The summed E-state index contributed by atoms with van der Waals surface area (Å²) in [6.07, 6.45) is 2.46. The Balaban J connectivity index is 1.45. The minimum absolute atomic E-state index is 0.0783. The molecule has 32 heavy (non-hydrogen) atoms. The van der Waals surface area contributed by atoms with Gasteiger partial charge in [-0.3, -0.25) is 9.59 Å². The molecule has 7 nitrogen and oxygen atoms in total. The van der Waals surface area contributed by atoms with Crippen molar-refractivity contribution in [2.45, 2.75) is 30.7 Å². The first-order valence-corrected chi connectivity index (χ1v) is 10.7. The summed E-state index contributed by atoms with van der Waals surface area (Å²) in [5.41, 5.74) is 3.36. The Hall–Kier alpha value is -3.61. The normalized spacial score (nSPS) is 15.6. The first kappa shape index (κ1) is 21.6. The Labute approximate surface area is 186 Å². The molecule has 7 heteroatoms. The van der Waals surface area contributed by atoms with Gasteiger partial charge in [0.15, 0.2) is 0 Å².